The highest BCUT2D eigenvalue weighted by atomic mass is 15.1. The molecule has 0 N–H and O–H groups in total. The van der Waals surface area contributed by atoms with E-state index in [0.29, 0.717) is 6.04 Å². The fraction of sp³-hybridized carbons (Fsp3) is 0.586. The van der Waals surface area contributed by atoms with Crippen LogP contribution in [-0.4, -0.2) is 10.9 Å². The largest absolute Gasteiger partial charge is 0.292 e. The first-order chi connectivity index (χ1) is 14.8. The lowest BCUT2D eigenvalue weighted by atomic mass is 9.97. The second kappa shape index (κ2) is 16.1. The van der Waals surface area contributed by atoms with Crippen LogP contribution in [0.25, 0.3) is 0 Å². The van der Waals surface area contributed by atoms with Crippen molar-refractivity contribution in [3.05, 3.63) is 71.8 Å². The maximum absolute atomic E-state index is 2.77. The van der Waals surface area contributed by atoms with Crippen molar-refractivity contribution in [1.29, 1.82) is 0 Å². The van der Waals surface area contributed by atoms with Crippen LogP contribution in [-0.2, 0) is 13.1 Å². The van der Waals surface area contributed by atoms with Gasteiger partial charge in [-0.05, 0) is 24.0 Å². The lowest BCUT2D eigenvalue weighted by molar-refractivity contribution is 0.153. The van der Waals surface area contributed by atoms with Gasteiger partial charge in [0.15, 0.2) is 0 Å². The Morgan fingerprint density at radius 2 is 0.933 bits per heavy atom. The summed E-state index contributed by atoms with van der Waals surface area (Å²) in [4.78, 5) is 2.77. The lowest BCUT2D eigenvalue weighted by Crippen LogP contribution is -2.34. The molecule has 0 spiro atoms. The molecule has 0 radical (unpaired) electrons. The molecule has 0 amide bonds. The van der Waals surface area contributed by atoms with Gasteiger partial charge in [-0.2, -0.15) is 0 Å². The molecule has 1 nitrogen and oxygen atoms in total. The van der Waals surface area contributed by atoms with E-state index in [1.54, 1.807) is 0 Å². The summed E-state index contributed by atoms with van der Waals surface area (Å²) in [7, 11) is 0. The molecular formula is C29H45N. The Bertz CT molecular complexity index is 566. The van der Waals surface area contributed by atoms with Crippen LogP contribution < -0.4 is 0 Å². The van der Waals surface area contributed by atoms with Gasteiger partial charge in [0.1, 0.15) is 0 Å². The fourth-order valence-corrected chi connectivity index (χ4v) is 4.43. The molecule has 2 aromatic carbocycles. The average Bonchev–Trinajstić information content (AvgIpc) is 2.78. The van der Waals surface area contributed by atoms with E-state index in [2.05, 4.69) is 79.4 Å². The minimum atomic E-state index is 0.689. The molecule has 0 saturated carbocycles. The van der Waals surface area contributed by atoms with Crippen LogP contribution in [0.1, 0.15) is 102 Å². The Morgan fingerprint density at radius 3 is 1.33 bits per heavy atom. The van der Waals surface area contributed by atoms with E-state index in [4.69, 9.17) is 0 Å². The van der Waals surface area contributed by atoms with Gasteiger partial charge in [0, 0.05) is 19.1 Å². The summed E-state index contributed by atoms with van der Waals surface area (Å²) in [6.45, 7) is 6.73. The Morgan fingerprint density at radius 1 is 0.533 bits per heavy atom. The van der Waals surface area contributed by atoms with Gasteiger partial charge in [0.2, 0.25) is 0 Å². The highest BCUT2D eigenvalue weighted by Gasteiger charge is 2.19. The van der Waals surface area contributed by atoms with E-state index in [1.807, 2.05) is 0 Å². The van der Waals surface area contributed by atoms with Crippen LogP contribution in [0.15, 0.2) is 60.7 Å². The molecule has 1 heteroatoms. The zero-order valence-corrected chi connectivity index (χ0v) is 19.7. The third-order valence-corrected chi connectivity index (χ3v) is 6.26. The first kappa shape index (κ1) is 24.7. The quantitative estimate of drug-likeness (QED) is 0.237. The van der Waals surface area contributed by atoms with Crippen molar-refractivity contribution >= 4 is 0 Å². The first-order valence-corrected chi connectivity index (χ1v) is 12.6. The molecule has 0 saturated heterocycles. The zero-order valence-electron chi connectivity index (χ0n) is 19.7. The van der Waals surface area contributed by atoms with Gasteiger partial charge in [-0.25, -0.2) is 0 Å². The molecular weight excluding hydrogens is 362 g/mol. The Labute approximate surface area is 186 Å². The minimum absolute atomic E-state index is 0.689. The van der Waals surface area contributed by atoms with Crippen LogP contribution in [0.4, 0.5) is 0 Å². The highest BCUT2D eigenvalue weighted by Crippen LogP contribution is 2.23. The summed E-state index contributed by atoms with van der Waals surface area (Å²) < 4.78 is 0. The number of hydrogen-bond donors (Lipinski definition) is 0. The second-order valence-electron chi connectivity index (χ2n) is 8.94. The second-order valence-corrected chi connectivity index (χ2v) is 8.94. The molecule has 0 bridgehead atoms. The van der Waals surface area contributed by atoms with Crippen molar-refractivity contribution in [3.63, 3.8) is 0 Å². The zero-order chi connectivity index (χ0) is 21.3. The molecule has 2 aromatic rings. The van der Waals surface area contributed by atoms with Crippen molar-refractivity contribution in [3.8, 4) is 0 Å². The summed E-state index contributed by atoms with van der Waals surface area (Å²) in [5.41, 5.74) is 2.88. The molecule has 0 unspecified atom stereocenters. The third kappa shape index (κ3) is 10.4. The van der Waals surface area contributed by atoms with E-state index in [0.717, 1.165) is 13.1 Å². The molecule has 166 valence electrons. The van der Waals surface area contributed by atoms with Crippen LogP contribution in [0.2, 0.25) is 0 Å². The monoisotopic (exact) mass is 407 g/mol. The Balaban J connectivity index is 2.04. The van der Waals surface area contributed by atoms with Crippen molar-refractivity contribution in [2.75, 3.05) is 0 Å². The van der Waals surface area contributed by atoms with Crippen LogP contribution >= 0.6 is 0 Å². The topological polar surface area (TPSA) is 3.24 Å². The Kier molecular flexibility index (Phi) is 13.3. The fourth-order valence-electron chi connectivity index (χ4n) is 4.43. The maximum atomic E-state index is 2.77. The van der Waals surface area contributed by atoms with Crippen molar-refractivity contribution in [2.24, 2.45) is 0 Å². The molecule has 0 aliphatic carbocycles. The van der Waals surface area contributed by atoms with Crippen molar-refractivity contribution in [1.82, 2.24) is 4.90 Å². The summed E-state index contributed by atoms with van der Waals surface area (Å²) in [5, 5.41) is 0. The van der Waals surface area contributed by atoms with Crippen LogP contribution in [0.5, 0.6) is 0 Å². The predicted octanol–water partition coefficient (Wildman–Crippen LogP) is 8.78. The van der Waals surface area contributed by atoms with E-state index < -0.39 is 0 Å². The normalized spacial score (nSPS) is 11.5. The van der Waals surface area contributed by atoms with Gasteiger partial charge in [-0.3, -0.25) is 4.90 Å². The van der Waals surface area contributed by atoms with Gasteiger partial charge in [-0.1, -0.05) is 139 Å². The number of benzene rings is 2. The molecule has 0 aliphatic rings. The van der Waals surface area contributed by atoms with Crippen LogP contribution in [0, 0.1) is 0 Å². The first-order valence-electron chi connectivity index (χ1n) is 12.6. The summed E-state index contributed by atoms with van der Waals surface area (Å²) >= 11 is 0. The van der Waals surface area contributed by atoms with Crippen LogP contribution in [0.3, 0.4) is 0 Å². The summed E-state index contributed by atoms with van der Waals surface area (Å²) in [5.74, 6) is 0. The average molecular weight is 408 g/mol. The maximum Gasteiger partial charge on any atom is 0.0240 e. The molecule has 30 heavy (non-hydrogen) atoms. The predicted molar refractivity (Wildman–Crippen MR) is 133 cm³/mol. The number of unbranched alkanes of at least 4 members (excludes halogenated alkanes) is 8. The molecule has 0 atom stereocenters. The number of hydrogen-bond acceptors (Lipinski definition) is 1. The molecule has 2 rings (SSSR count). The van der Waals surface area contributed by atoms with Gasteiger partial charge < -0.3 is 0 Å². The van der Waals surface area contributed by atoms with E-state index in [-0.39, 0.29) is 0 Å². The molecule has 0 heterocycles. The van der Waals surface area contributed by atoms with Crippen molar-refractivity contribution in [2.45, 2.75) is 110 Å². The van der Waals surface area contributed by atoms with Crippen molar-refractivity contribution < 1.29 is 0 Å². The smallest absolute Gasteiger partial charge is 0.0240 e. The Hall–Kier alpha value is -1.60. The molecule has 0 fully saturated rings. The standard InChI is InChI=1S/C29H45N/c1-3-5-7-9-17-23-29(24-18-10-8-6-4-2)30(25-27-19-13-11-14-20-27)26-28-21-15-12-16-22-28/h11-16,19-22,29H,3-10,17-18,23-26H2,1-2H3. The van der Waals surface area contributed by atoms with E-state index in [9.17, 15) is 0 Å². The minimum Gasteiger partial charge on any atom is -0.292 e. The molecule has 0 aromatic heterocycles. The van der Waals surface area contributed by atoms with Gasteiger partial charge in [0.25, 0.3) is 0 Å². The number of rotatable bonds is 17. The summed E-state index contributed by atoms with van der Waals surface area (Å²) in [6, 6.07) is 22.8. The third-order valence-electron chi connectivity index (χ3n) is 6.26. The lowest BCUT2D eigenvalue weighted by Gasteiger charge is -2.32. The summed E-state index contributed by atoms with van der Waals surface area (Å²) in [6.07, 6.45) is 16.5. The SMILES string of the molecule is CCCCCCCC(CCCCCCC)N(Cc1ccccc1)Cc1ccccc1. The highest BCUT2D eigenvalue weighted by molar-refractivity contribution is 5.17. The van der Waals surface area contributed by atoms with E-state index in [1.165, 1.54) is 88.2 Å². The molecule has 0 aliphatic heterocycles. The number of nitrogens with zero attached hydrogens (tertiary/aromatic N) is 1. The van der Waals surface area contributed by atoms with Gasteiger partial charge >= 0.3 is 0 Å². The van der Waals surface area contributed by atoms with Gasteiger partial charge in [0.05, 0.1) is 0 Å². The van der Waals surface area contributed by atoms with E-state index >= 15 is 0 Å². The van der Waals surface area contributed by atoms with Gasteiger partial charge in [-0.15, -0.1) is 0 Å².